The predicted octanol–water partition coefficient (Wildman–Crippen LogP) is -0.389. The molecule has 0 aliphatic carbocycles. The number of hydrogen-bond donors (Lipinski definition) is 2. The third kappa shape index (κ3) is 1.95. The van der Waals surface area contributed by atoms with Crippen molar-refractivity contribution < 1.29 is 4.79 Å². The molecule has 4 nitrogen and oxygen atoms in total. The SMILES string of the molecule is N#CCC1CCNCC1C(N)=O. The van der Waals surface area contributed by atoms with Crippen LogP contribution in [0.5, 0.6) is 0 Å². The molecule has 4 heteroatoms. The lowest BCUT2D eigenvalue weighted by Gasteiger charge is -2.27. The van der Waals surface area contributed by atoms with E-state index in [-0.39, 0.29) is 17.7 Å². The lowest BCUT2D eigenvalue weighted by Crippen LogP contribution is -2.43. The summed E-state index contributed by atoms with van der Waals surface area (Å²) in [7, 11) is 0. The second-order valence-corrected chi connectivity index (χ2v) is 3.12. The summed E-state index contributed by atoms with van der Waals surface area (Å²) in [6, 6.07) is 2.09. The number of amides is 1. The molecule has 12 heavy (non-hydrogen) atoms. The van der Waals surface area contributed by atoms with E-state index in [1.54, 1.807) is 0 Å². The van der Waals surface area contributed by atoms with Gasteiger partial charge in [-0.15, -0.1) is 0 Å². The standard InChI is InChI=1S/C8H13N3O/c9-3-1-6-2-4-11-5-7(6)8(10)12/h6-7,11H,1-2,4-5H2,(H2,10,12). The number of nitriles is 1. The van der Waals surface area contributed by atoms with Gasteiger partial charge in [0.05, 0.1) is 12.0 Å². The van der Waals surface area contributed by atoms with Gasteiger partial charge in [-0.25, -0.2) is 0 Å². The van der Waals surface area contributed by atoms with Crippen LogP contribution in [0.15, 0.2) is 0 Å². The second-order valence-electron chi connectivity index (χ2n) is 3.12. The molecule has 1 fully saturated rings. The van der Waals surface area contributed by atoms with Gasteiger partial charge in [0.25, 0.3) is 0 Å². The number of primary amides is 1. The molecule has 0 saturated carbocycles. The molecular formula is C8H13N3O. The topological polar surface area (TPSA) is 78.9 Å². The molecule has 0 aromatic carbocycles. The maximum Gasteiger partial charge on any atom is 0.222 e. The number of nitrogens with one attached hydrogen (secondary N) is 1. The van der Waals surface area contributed by atoms with Gasteiger partial charge in [0.15, 0.2) is 0 Å². The van der Waals surface area contributed by atoms with Gasteiger partial charge in [0.1, 0.15) is 0 Å². The summed E-state index contributed by atoms with van der Waals surface area (Å²) in [4.78, 5) is 10.9. The highest BCUT2D eigenvalue weighted by atomic mass is 16.1. The number of hydrogen-bond acceptors (Lipinski definition) is 3. The number of carbonyl (C=O) groups is 1. The molecule has 66 valence electrons. The van der Waals surface area contributed by atoms with Crippen molar-refractivity contribution in [3.8, 4) is 6.07 Å². The molecule has 0 radical (unpaired) electrons. The van der Waals surface area contributed by atoms with E-state index in [9.17, 15) is 4.79 Å². The van der Waals surface area contributed by atoms with Crippen LogP contribution >= 0.6 is 0 Å². The molecule has 0 bridgehead atoms. The van der Waals surface area contributed by atoms with Crippen LogP contribution in [-0.4, -0.2) is 19.0 Å². The summed E-state index contributed by atoms with van der Waals surface area (Å²) in [5.74, 6) is -0.283. The van der Waals surface area contributed by atoms with Crippen molar-refractivity contribution >= 4 is 5.91 Å². The van der Waals surface area contributed by atoms with Gasteiger partial charge < -0.3 is 11.1 Å². The first-order chi connectivity index (χ1) is 5.75. The van der Waals surface area contributed by atoms with Crippen molar-refractivity contribution in [2.45, 2.75) is 12.8 Å². The van der Waals surface area contributed by atoms with Crippen molar-refractivity contribution in [1.82, 2.24) is 5.32 Å². The average molecular weight is 167 g/mol. The first-order valence-corrected chi connectivity index (χ1v) is 4.12. The summed E-state index contributed by atoms with van der Waals surface area (Å²) in [5, 5.41) is 11.6. The first-order valence-electron chi connectivity index (χ1n) is 4.12. The number of nitrogens with two attached hydrogens (primary N) is 1. The highest BCUT2D eigenvalue weighted by Gasteiger charge is 2.28. The van der Waals surface area contributed by atoms with Crippen molar-refractivity contribution in [3.63, 3.8) is 0 Å². The van der Waals surface area contributed by atoms with Crippen LogP contribution in [0.3, 0.4) is 0 Å². The molecule has 1 saturated heterocycles. The summed E-state index contributed by atoms with van der Waals surface area (Å²) < 4.78 is 0. The molecule has 0 aromatic rings. The molecule has 1 heterocycles. The zero-order valence-electron chi connectivity index (χ0n) is 6.92. The minimum atomic E-state index is -0.289. The molecule has 1 aliphatic heterocycles. The van der Waals surface area contributed by atoms with E-state index in [0.29, 0.717) is 13.0 Å². The maximum atomic E-state index is 10.9. The van der Waals surface area contributed by atoms with Crippen molar-refractivity contribution in [3.05, 3.63) is 0 Å². The van der Waals surface area contributed by atoms with Gasteiger partial charge in [-0.3, -0.25) is 4.79 Å². The van der Waals surface area contributed by atoms with Gasteiger partial charge in [0, 0.05) is 13.0 Å². The van der Waals surface area contributed by atoms with Gasteiger partial charge in [-0.2, -0.15) is 5.26 Å². The first kappa shape index (κ1) is 9.01. The largest absolute Gasteiger partial charge is 0.369 e. The molecular weight excluding hydrogens is 154 g/mol. The molecule has 3 N–H and O–H groups in total. The summed E-state index contributed by atoms with van der Waals surface area (Å²) in [5.41, 5.74) is 5.20. The Morgan fingerprint density at radius 2 is 2.50 bits per heavy atom. The van der Waals surface area contributed by atoms with Crippen molar-refractivity contribution in [1.29, 1.82) is 5.26 Å². The number of rotatable bonds is 2. The number of nitrogens with zero attached hydrogens (tertiary/aromatic N) is 1. The summed E-state index contributed by atoms with van der Waals surface area (Å²) in [6.45, 7) is 1.51. The van der Waals surface area contributed by atoms with Crippen LogP contribution in [0.4, 0.5) is 0 Å². The molecule has 1 aliphatic rings. The monoisotopic (exact) mass is 167 g/mol. The Morgan fingerprint density at radius 3 is 3.08 bits per heavy atom. The summed E-state index contributed by atoms with van der Waals surface area (Å²) >= 11 is 0. The second kappa shape index (κ2) is 4.07. The fourth-order valence-corrected chi connectivity index (χ4v) is 1.61. The van der Waals surface area contributed by atoms with E-state index < -0.39 is 0 Å². The van der Waals surface area contributed by atoms with Crippen molar-refractivity contribution in [2.24, 2.45) is 17.6 Å². The van der Waals surface area contributed by atoms with E-state index in [1.807, 2.05) is 0 Å². The fourth-order valence-electron chi connectivity index (χ4n) is 1.61. The molecule has 2 atom stereocenters. The lowest BCUT2D eigenvalue weighted by atomic mass is 9.84. The average Bonchev–Trinajstić information content (AvgIpc) is 2.05. The smallest absolute Gasteiger partial charge is 0.222 e. The number of carbonyl (C=O) groups excluding carboxylic acids is 1. The quantitative estimate of drug-likeness (QED) is 0.588. The predicted molar refractivity (Wildman–Crippen MR) is 43.9 cm³/mol. The van der Waals surface area contributed by atoms with E-state index >= 15 is 0 Å². The van der Waals surface area contributed by atoms with Crippen LogP contribution in [-0.2, 0) is 4.79 Å². The van der Waals surface area contributed by atoms with E-state index in [1.165, 1.54) is 0 Å². The lowest BCUT2D eigenvalue weighted by molar-refractivity contribution is -0.123. The highest BCUT2D eigenvalue weighted by Crippen LogP contribution is 2.21. The van der Waals surface area contributed by atoms with Gasteiger partial charge in [-0.1, -0.05) is 0 Å². The zero-order chi connectivity index (χ0) is 8.97. The Morgan fingerprint density at radius 1 is 1.75 bits per heavy atom. The normalized spacial score (nSPS) is 29.2. The van der Waals surface area contributed by atoms with Gasteiger partial charge in [0.2, 0.25) is 5.91 Å². The third-order valence-electron chi connectivity index (χ3n) is 2.34. The van der Waals surface area contributed by atoms with E-state index in [2.05, 4.69) is 11.4 Å². The maximum absolute atomic E-state index is 10.9. The molecule has 2 unspecified atom stereocenters. The minimum absolute atomic E-state index is 0.154. The van der Waals surface area contributed by atoms with Crippen molar-refractivity contribution in [2.75, 3.05) is 13.1 Å². The minimum Gasteiger partial charge on any atom is -0.369 e. The Balaban J connectivity index is 2.55. The van der Waals surface area contributed by atoms with E-state index in [4.69, 9.17) is 11.0 Å². The molecule has 0 aromatic heterocycles. The molecule has 1 rings (SSSR count). The van der Waals surface area contributed by atoms with E-state index in [0.717, 1.165) is 13.0 Å². The van der Waals surface area contributed by atoms with Crippen LogP contribution in [0.1, 0.15) is 12.8 Å². The third-order valence-corrected chi connectivity index (χ3v) is 2.34. The van der Waals surface area contributed by atoms with Crippen LogP contribution in [0, 0.1) is 23.2 Å². The van der Waals surface area contributed by atoms with Crippen LogP contribution < -0.4 is 11.1 Å². The Kier molecular flexibility index (Phi) is 3.06. The number of piperidine rings is 1. The van der Waals surface area contributed by atoms with Crippen LogP contribution in [0.2, 0.25) is 0 Å². The Hall–Kier alpha value is -1.08. The van der Waals surface area contributed by atoms with Gasteiger partial charge in [-0.05, 0) is 18.9 Å². The Labute approximate surface area is 71.7 Å². The van der Waals surface area contributed by atoms with Crippen LogP contribution in [0.25, 0.3) is 0 Å². The summed E-state index contributed by atoms with van der Waals surface area (Å²) in [6.07, 6.45) is 1.32. The molecule has 1 amide bonds. The fraction of sp³-hybridized carbons (Fsp3) is 0.750. The Bertz CT molecular complexity index is 209. The van der Waals surface area contributed by atoms with Gasteiger partial charge >= 0.3 is 0 Å². The zero-order valence-corrected chi connectivity index (χ0v) is 6.92. The highest BCUT2D eigenvalue weighted by molar-refractivity contribution is 5.77. The molecule has 0 spiro atoms.